The molecule has 60 valence electrons. The fraction of sp³-hybridized carbons (Fsp3) is 0.400. The number of halogens is 1. The summed E-state index contributed by atoms with van der Waals surface area (Å²) in [7, 11) is 0. The maximum absolute atomic E-state index is 11.0. The molecule has 1 heterocycles. The molecule has 6 heteroatoms. The van der Waals surface area contributed by atoms with Gasteiger partial charge in [-0.1, -0.05) is 0 Å². The van der Waals surface area contributed by atoms with Crippen LogP contribution in [0.4, 0.5) is 0 Å². The van der Waals surface area contributed by atoms with E-state index in [9.17, 15) is 4.79 Å². The zero-order chi connectivity index (χ0) is 8.27. The van der Waals surface area contributed by atoms with E-state index in [0.29, 0.717) is 11.2 Å². The second-order valence-corrected chi connectivity index (χ2v) is 2.43. The van der Waals surface area contributed by atoms with Crippen molar-refractivity contribution in [2.75, 3.05) is 6.61 Å². The summed E-state index contributed by atoms with van der Waals surface area (Å²) in [4.78, 5) is 11.0. The minimum atomic E-state index is -0.479. The number of aromatic nitrogens is 3. The van der Waals surface area contributed by atoms with Gasteiger partial charge in [-0.05, 0) is 22.9 Å². The third kappa shape index (κ3) is 1.76. The lowest BCUT2D eigenvalue weighted by atomic mass is 10.5. The summed E-state index contributed by atoms with van der Waals surface area (Å²) < 4.78 is 5.05. The molecule has 5 nitrogen and oxygen atoms in total. The van der Waals surface area contributed by atoms with Crippen molar-refractivity contribution >= 4 is 21.9 Å². The van der Waals surface area contributed by atoms with Gasteiger partial charge in [-0.2, -0.15) is 5.21 Å². The van der Waals surface area contributed by atoms with Crippen molar-refractivity contribution in [1.82, 2.24) is 15.4 Å². The van der Waals surface area contributed by atoms with E-state index in [0.717, 1.165) is 0 Å². The van der Waals surface area contributed by atoms with Crippen molar-refractivity contribution in [2.45, 2.75) is 6.92 Å². The van der Waals surface area contributed by atoms with Gasteiger partial charge >= 0.3 is 5.97 Å². The van der Waals surface area contributed by atoms with E-state index in [4.69, 9.17) is 0 Å². The number of rotatable bonds is 2. The van der Waals surface area contributed by atoms with Crippen molar-refractivity contribution in [2.24, 2.45) is 0 Å². The Morgan fingerprint density at radius 1 is 1.73 bits per heavy atom. The van der Waals surface area contributed by atoms with Gasteiger partial charge in [0, 0.05) is 0 Å². The van der Waals surface area contributed by atoms with Crippen LogP contribution < -0.4 is 0 Å². The average Bonchev–Trinajstić information content (AvgIpc) is 2.36. The third-order valence-corrected chi connectivity index (χ3v) is 1.53. The molecule has 0 spiro atoms. The lowest BCUT2D eigenvalue weighted by Crippen LogP contribution is -2.05. The van der Waals surface area contributed by atoms with Crippen LogP contribution in [0.25, 0.3) is 0 Å². The Balaban J connectivity index is 2.76. The van der Waals surface area contributed by atoms with Crippen LogP contribution in [0.5, 0.6) is 0 Å². The summed E-state index contributed by atoms with van der Waals surface area (Å²) in [5.74, 6) is -0.479. The van der Waals surface area contributed by atoms with E-state index in [1.165, 1.54) is 0 Å². The molecule has 1 rings (SSSR count). The highest BCUT2D eigenvalue weighted by molar-refractivity contribution is 9.10. The molecule has 0 aliphatic carbocycles. The Morgan fingerprint density at radius 2 is 2.45 bits per heavy atom. The zero-order valence-electron chi connectivity index (χ0n) is 5.80. The Kier molecular flexibility index (Phi) is 2.58. The number of esters is 1. The number of nitrogens with one attached hydrogen (secondary N) is 1. The second-order valence-electron chi connectivity index (χ2n) is 1.68. The molecule has 0 amide bonds. The number of carbonyl (C=O) groups is 1. The molecular weight excluding hydrogens is 214 g/mol. The first kappa shape index (κ1) is 8.19. The van der Waals surface area contributed by atoms with Crippen LogP contribution in [0.1, 0.15) is 17.4 Å². The van der Waals surface area contributed by atoms with Gasteiger partial charge < -0.3 is 4.74 Å². The number of nitrogens with zero attached hydrogens (tertiary/aromatic N) is 2. The molecule has 0 saturated heterocycles. The quantitative estimate of drug-likeness (QED) is 0.746. The maximum atomic E-state index is 11.0. The average molecular weight is 220 g/mol. The minimum Gasteiger partial charge on any atom is -0.461 e. The molecule has 1 aromatic heterocycles. The predicted octanol–water partition coefficient (Wildman–Crippen LogP) is 0.744. The highest BCUT2D eigenvalue weighted by Crippen LogP contribution is 2.09. The van der Waals surface area contributed by atoms with E-state index in [2.05, 4.69) is 36.1 Å². The summed E-state index contributed by atoms with van der Waals surface area (Å²) in [5.41, 5.74) is 0.173. The van der Waals surface area contributed by atoms with Crippen LogP contribution in [0.2, 0.25) is 0 Å². The molecule has 0 bridgehead atoms. The van der Waals surface area contributed by atoms with Gasteiger partial charge in [0.2, 0.25) is 5.69 Å². The maximum Gasteiger partial charge on any atom is 0.361 e. The minimum absolute atomic E-state index is 0.173. The van der Waals surface area contributed by atoms with Crippen LogP contribution in [-0.4, -0.2) is 28.0 Å². The molecule has 0 unspecified atom stereocenters. The molecule has 1 N–H and O–H groups in total. The van der Waals surface area contributed by atoms with Gasteiger partial charge in [-0.25, -0.2) is 4.79 Å². The molecule has 11 heavy (non-hydrogen) atoms. The van der Waals surface area contributed by atoms with Gasteiger partial charge in [0.15, 0.2) is 4.60 Å². The number of hydrogen-bond acceptors (Lipinski definition) is 4. The fourth-order valence-electron chi connectivity index (χ4n) is 0.547. The van der Waals surface area contributed by atoms with Crippen LogP contribution in [-0.2, 0) is 4.74 Å². The van der Waals surface area contributed by atoms with Gasteiger partial charge in [0.05, 0.1) is 6.61 Å². The lowest BCUT2D eigenvalue weighted by molar-refractivity contribution is 0.0518. The van der Waals surface area contributed by atoms with Crippen molar-refractivity contribution in [3.63, 3.8) is 0 Å². The standard InChI is InChI=1S/C5H6BrN3O2/c1-2-11-5(10)3-4(6)8-9-7-3/h2H2,1H3,(H,7,8,9). The highest BCUT2D eigenvalue weighted by Gasteiger charge is 2.14. The fourth-order valence-corrected chi connectivity index (χ4v) is 0.877. The number of ether oxygens (including phenoxy) is 1. The molecule has 0 radical (unpaired) electrons. The summed E-state index contributed by atoms with van der Waals surface area (Å²) in [6, 6.07) is 0. The van der Waals surface area contributed by atoms with Crippen molar-refractivity contribution in [3.05, 3.63) is 10.3 Å². The third-order valence-electron chi connectivity index (χ3n) is 0.974. The van der Waals surface area contributed by atoms with Crippen LogP contribution in [0, 0.1) is 0 Å². The molecule has 0 aliphatic heterocycles. The Bertz CT molecular complexity index is 260. The Morgan fingerprint density at radius 3 is 2.91 bits per heavy atom. The summed E-state index contributed by atoms with van der Waals surface area (Å²) in [6.45, 7) is 2.06. The number of carbonyl (C=O) groups excluding carboxylic acids is 1. The van der Waals surface area contributed by atoms with E-state index < -0.39 is 5.97 Å². The first-order valence-electron chi connectivity index (χ1n) is 2.99. The smallest absolute Gasteiger partial charge is 0.361 e. The molecule has 0 aliphatic rings. The van der Waals surface area contributed by atoms with E-state index in [-0.39, 0.29) is 5.69 Å². The van der Waals surface area contributed by atoms with Crippen molar-refractivity contribution < 1.29 is 9.53 Å². The number of aromatic amines is 1. The zero-order valence-corrected chi connectivity index (χ0v) is 7.38. The topological polar surface area (TPSA) is 67.9 Å². The van der Waals surface area contributed by atoms with Crippen LogP contribution >= 0.6 is 15.9 Å². The van der Waals surface area contributed by atoms with E-state index >= 15 is 0 Å². The van der Waals surface area contributed by atoms with Crippen LogP contribution in [0.15, 0.2) is 4.60 Å². The lowest BCUT2D eigenvalue weighted by Gasteiger charge is -1.95. The summed E-state index contributed by atoms with van der Waals surface area (Å²) >= 11 is 3.03. The van der Waals surface area contributed by atoms with E-state index in [1.54, 1.807) is 6.92 Å². The molecule has 0 saturated carbocycles. The normalized spacial score (nSPS) is 9.64. The highest BCUT2D eigenvalue weighted by atomic mass is 79.9. The van der Waals surface area contributed by atoms with Crippen LogP contribution in [0.3, 0.4) is 0 Å². The first-order valence-corrected chi connectivity index (χ1v) is 3.78. The second kappa shape index (κ2) is 3.47. The Hall–Kier alpha value is -0.910. The molecular formula is C5H6BrN3O2. The first-order chi connectivity index (χ1) is 5.25. The number of hydrogen-bond donors (Lipinski definition) is 1. The van der Waals surface area contributed by atoms with Crippen molar-refractivity contribution in [1.29, 1.82) is 0 Å². The van der Waals surface area contributed by atoms with E-state index in [1.807, 2.05) is 0 Å². The molecule has 0 aromatic carbocycles. The summed E-state index contributed by atoms with van der Waals surface area (Å²) in [6.07, 6.45) is 0. The monoisotopic (exact) mass is 219 g/mol. The van der Waals surface area contributed by atoms with Crippen molar-refractivity contribution in [3.8, 4) is 0 Å². The van der Waals surface area contributed by atoms with Gasteiger partial charge in [-0.3, -0.25) is 0 Å². The number of H-pyrrole nitrogens is 1. The van der Waals surface area contributed by atoms with Gasteiger partial charge in [0.25, 0.3) is 0 Å². The SMILES string of the molecule is CCOC(=O)c1n[nH]nc1Br. The molecule has 1 aromatic rings. The summed E-state index contributed by atoms with van der Waals surface area (Å²) in [5, 5.41) is 9.47. The molecule has 0 atom stereocenters. The predicted molar refractivity (Wildman–Crippen MR) is 40.0 cm³/mol. The van der Waals surface area contributed by atoms with Gasteiger partial charge in [0.1, 0.15) is 0 Å². The largest absolute Gasteiger partial charge is 0.461 e. The molecule has 0 fully saturated rings. The Labute approximate surface area is 71.3 Å². The van der Waals surface area contributed by atoms with Gasteiger partial charge in [-0.15, -0.1) is 10.2 Å².